The normalized spacial score (nSPS) is 11.1. The third kappa shape index (κ3) is 2.51. The maximum atomic E-state index is 12.4. The summed E-state index contributed by atoms with van der Waals surface area (Å²) in [7, 11) is 0. The molecule has 0 spiro atoms. The molecule has 0 fully saturated rings. The predicted octanol–water partition coefficient (Wildman–Crippen LogP) is 4.92. The molecule has 4 nitrogen and oxygen atoms in total. The number of benzene rings is 2. The van der Waals surface area contributed by atoms with Gasteiger partial charge in [0.1, 0.15) is 0 Å². The highest BCUT2D eigenvalue weighted by atomic mass is 79.9. The van der Waals surface area contributed by atoms with Gasteiger partial charge in [0.05, 0.1) is 25.9 Å². The van der Waals surface area contributed by atoms with Crippen LogP contribution < -0.4 is 5.32 Å². The number of rotatable bonds is 2. The number of carbonyl (C=O) groups excluding carboxylic acids is 1. The summed E-state index contributed by atoms with van der Waals surface area (Å²) in [5.41, 5.74) is 4.17. The lowest BCUT2D eigenvalue weighted by Crippen LogP contribution is -2.11. The molecule has 0 atom stereocenters. The summed E-state index contributed by atoms with van der Waals surface area (Å²) >= 11 is 6.41. The molecule has 0 bridgehead atoms. The van der Waals surface area contributed by atoms with Crippen LogP contribution >= 0.6 is 38.6 Å². The van der Waals surface area contributed by atoms with E-state index in [-0.39, 0.29) is 5.91 Å². The van der Waals surface area contributed by atoms with Gasteiger partial charge < -0.3 is 0 Å². The van der Waals surface area contributed by atoms with Gasteiger partial charge in [0.2, 0.25) is 0 Å². The number of hydrogen-bond donors (Lipinski definition) is 1. The molecule has 2 heterocycles. The van der Waals surface area contributed by atoms with Crippen LogP contribution in [0, 0.1) is 0 Å². The Morgan fingerprint density at radius 1 is 1.09 bits per heavy atom. The van der Waals surface area contributed by atoms with E-state index in [9.17, 15) is 4.79 Å². The molecule has 108 valence electrons. The first-order chi connectivity index (χ1) is 10.7. The number of nitrogens with zero attached hydrogens (tertiary/aromatic N) is 2. The van der Waals surface area contributed by atoms with E-state index < -0.39 is 0 Å². The summed E-state index contributed by atoms with van der Waals surface area (Å²) < 4.78 is 3.03. The third-order valence-corrected chi connectivity index (χ3v) is 5.38. The number of carbonyl (C=O) groups is 1. The molecule has 7 heteroatoms. The number of fused-ring (bicyclic) bond motifs is 2. The van der Waals surface area contributed by atoms with Gasteiger partial charge in [0.15, 0.2) is 5.13 Å². The topological polar surface area (TPSA) is 54.9 Å². The average Bonchev–Trinajstić information content (AvgIpc) is 3.11. The maximum Gasteiger partial charge on any atom is 0.257 e. The maximum absolute atomic E-state index is 12.4. The Balaban J connectivity index is 1.64. The minimum Gasteiger partial charge on any atom is -0.298 e. The highest BCUT2D eigenvalue weighted by Gasteiger charge is 2.11. The third-order valence-electron chi connectivity index (χ3n) is 3.16. The number of amides is 1. The van der Waals surface area contributed by atoms with E-state index in [1.165, 1.54) is 22.7 Å². The summed E-state index contributed by atoms with van der Waals surface area (Å²) in [5.74, 6) is -0.159. The second kappa shape index (κ2) is 5.42. The van der Waals surface area contributed by atoms with E-state index >= 15 is 0 Å². The Morgan fingerprint density at radius 3 is 2.86 bits per heavy atom. The molecule has 0 aliphatic heterocycles. The van der Waals surface area contributed by atoms with Crippen molar-refractivity contribution in [3.05, 3.63) is 51.9 Å². The Hall–Kier alpha value is -1.83. The molecule has 2 aromatic heterocycles. The SMILES string of the molecule is O=C(Nc1nc2ccc(Br)cc2s1)c1ccc2ncsc2c1. The molecule has 4 aromatic rings. The number of nitrogens with one attached hydrogen (secondary N) is 1. The fraction of sp³-hybridized carbons (Fsp3) is 0. The van der Waals surface area contributed by atoms with Gasteiger partial charge in [-0.1, -0.05) is 27.3 Å². The molecular formula is C15H8BrN3OS2. The van der Waals surface area contributed by atoms with E-state index in [4.69, 9.17) is 0 Å². The molecule has 22 heavy (non-hydrogen) atoms. The molecule has 0 unspecified atom stereocenters. The standard InChI is InChI=1S/C15H8BrN3OS2/c16-9-2-4-11-13(6-9)22-15(18-11)19-14(20)8-1-3-10-12(5-8)21-7-17-10/h1-7H,(H,18,19,20). The molecule has 2 aromatic carbocycles. The highest BCUT2D eigenvalue weighted by Crippen LogP contribution is 2.29. The fourth-order valence-corrected chi connectivity index (χ4v) is 4.25. The zero-order chi connectivity index (χ0) is 15.1. The number of halogens is 1. The van der Waals surface area contributed by atoms with Crippen molar-refractivity contribution in [2.45, 2.75) is 0 Å². The first-order valence-corrected chi connectivity index (χ1v) is 8.89. The molecule has 1 amide bonds. The van der Waals surface area contributed by atoms with Crippen molar-refractivity contribution in [3.8, 4) is 0 Å². The van der Waals surface area contributed by atoms with Crippen molar-refractivity contribution in [2.24, 2.45) is 0 Å². The number of thiazole rings is 2. The van der Waals surface area contributed by atoms with Gasteiger partial charge in [-0.15, -0.1) is 11.3 Å². The van der Waals surface area contributed by atoms with Crippen LogP contribution in [-0.2, 0) is 0 Å². The smallest absolute Gasteiger partial charge is 0.257 e. The summed E-state index contributed by atoms with van der Waals surface area (Å²) in [5, 5.41) is 3.46. The Labute approximate surface area is 142 Å². The lowest BCUT2D eigenvalue weighted by atomic mass is 10.2. The molecule has 1 N–H and O–H groups in total. The first kappa shape index (κ1) is 13.8. The second-order valence-corrected chi connectivity index (χ2v) is 7.45. The molecule has 4 rings (SSSR count). The van der Waals surface area contributed by atoms with Crippen molar-refractivity contribution in [1.82, 2.24) is 9.97 Å². The molecule has 0 saturated heterocycles. The fourth-order valence-electron chi connectivity index (χ4n) is 2.12. The van der Waals surface area contributed by atoms with Crippen LogP contribution in [-0.4, -0.2) is 15.9 Å². The van der Waals surface area contributed by atoms with E-state index in [1.54, 1.807) is 11.6 Å². The van der Waals surface area contributed by atoms with Crippen LogP contribution in [0.25, 0.3) is 20.4 Å². The van der Waals surface area contributed by atoms with Gasteiger partial charge in [0, 0.05) is 10.0 Å². The van der Waals surface area contributed by atoms with Gasteiger partial charge in [-0.3, -0.25) is 10.1 Å². The van der Waals surface area contributed by atoms with Crippen LogP contribution in [0.4, 0.5) is 5.13 Å². The van der Waals surface area contributed by atoms with E-state index in [0.29, 0.717) is 10.7 Å². The summed E-state index contributed by atoms with van der Waals surface area (Å²) in [6.07, 6.45) is 0. The summed E-state index contributed by atoms with van der Waals surface area (Å²) in [6, 6.07) is 11.3. The quantitative estimate of drug-likeness (QED) is 0.529. The van der Waals surface area contributed by atoms with Crippen LogP contribution in [0.15, 0.2) is 46.4 Å². The number of anilines is 1. The second-order valence-electron chi connectivity index (χ2n) is 4.62. The van der Waals surface area contributed by atoms with Gasteiger partial charge in [-0.05, 0) is 36.4 Å². The van der Waals surface area contributed by atoms with Gasteiger partial charge in [-0.25, -0.2) is 9.97 Å². The Kier molecular flexibility index (Phi) is 3.40. The van der Waals surface area contributed by atoms with Crippen molar-refractivity contribution in [1.29, 1.82) is 0 Å². The first-order valence-electron chi connectivity index (χ1n) is 6.40. The number of hydrogen-bond acceptors (Lipinski definition) is 5. The van der Waals surface area contributed by atoms with Gasteiger partial charge in [0.25, 0.3) is 5.91 Å². The van der Waals surface area contributed by atoms with Crippen LogP contribution in [0.1, 0.15) is 10.4 Å². The largest absolute Gasteiger partial charge is 0.298 e. The molecule has 0 saturated carbocycles. The zero-order valence-corrected chi connectivity index (χ0v) is 14.3. The van der Waals surface area contributed by atoms with E-state index in [2.05, 4.69) is 31.2 Å². The monoisotopic (exact) mass is 389 g/mol. The summed E-state index contributed by atoms with van der Waals surface area (Å²) in [4.78, 5) is 21.0. The molecule has 0 aliphatic carbocycles. The minimum absolute atomic E-state index is 0.159. The van der Waals surface area contributed by atoms with Gasteiger partial charge in [-0.2, -0.15) is 0 Å². The van der Waals surface area contributed by atoms with Crippen molar-refractivity contribution < 1.29 is 4.79 Å². The van der Waals surface area contributed by atoms with Crippen molar-refractivity contribution in [3.63, 3.8) is 0 Å². The van der Waals surface area contributed by atoms with Gasteiger partial charge >= 0.3 is 0 Å². The number of aromatic nitrogens is 2. The Bertz CT molecular complexity index is 1010. The highest BCUT2D eigenvalue weighted by molar-refractivity contribution is 9.10. The Morgan fingerprint density at radius 2 is 1.95 bits per heavy atom. The van der Waals surface area contributed by atoms with Crippen LogP contribution in [0.5, 0.6) is 0 Å². The molecule has 0 radical (unpaired) electrons. The average molecular weight is 390 g/mol. The minimum atomic E-state index is -0.159. The molecule has 0 aliphatic rings. The van der Waals surface area contributed by atoms with E-state index in [0.717, 1.165) is 24.9 Å². The predicted molar refractivity (Wildman–Crippen MR) is 94.9 cm³/mol. The van der Waals surface area contributed by atoms with E-state index in [1.807, 2.05) is 30.3 Å². The van der Waals surface area contributed by atoms with Crippen molar-refractivity contribution >= 4 is 70.1 Å². The molecular weight excluding hydrogens is 382 g/mol. The summed E-state index contributed by atoms with van der Waals surface area (Å²) in [6.45, 7) is 0. The van der Waals surface area contributed by atoms with Crippen LogP contribution in [0.2, 0.25) is 0 Å². The lowest BCUT2D eigenvalue weighted by Gasteiger charge is -2.01. The van der Waals surface area contributed by atoms with Crippen LogP contribution in [0.3, 0.4) is 0 Å². The zero-order valence-electron chi connectivity index (χ0n) is 11.0. The van der Waals surface area contributed by atoms with Crippen molar-refractivity contribution in [2.75, 3.05) is 5.32 Å². The lowest BCUT2D eigenvalue weighted by molar-refractivity contribution is 0.102.